The van der Waals surface area contributed by atoms with Crippen molar-refractivity contribution in [2.45, 2.75) is 33.0 Å². The largest absolute Gasteiger partial charge is 0.430 e. The molecule has 0 atom stereocenters. The third-order valence-corrected chi connectivity index (χ3v) is 1.39. The molecule has 0 fully saturated rings. The van der Waals surface area contributed by atoms with Crippen LogP contribution in [0.5, 0.6) is 0 Å². The van der Waals surface area contributed by atoms with Gasteiger partial charge in [0.25, 0.3) is 0 Å². The molecule has 0 N–H and O–H groups in total. The van der Waals surface area contributed by atoms with Gasteiger partial charge in [-0.3, -0.25) is 5.01 Å². The van der Waals surface area contributed by atoms with Crippen molar-refractivity contribution in [2.24, 2.45) is 5.10 Å². The van der Waals surface area contributed by atoms with E-state index in [1.165, 1.54) is 11.2 Å². The summed E-state index contributed by atoms with van der Waals surface area (Å²) in [5, 5.41) is 4.54. The van der Waals surface area contributed by atoms with Crippen LogP contribution >= 0.6 is 0 Å². The van der Waals surface area contributed by atoms with Crippen LogP contribution in [-0.2, 0) is 0 Å². The molecule has 0 bridgehead atoms. The zero-order chi connectivity index (χ0) is 10.6. The van der Waals surface area contributed by atoms with Crippen molar-refractivity contribution < 1.29 is 13.2 Å². The first kappa shape index (κ1) is 12.0. The Morgan fingerprint density at radius 1 is 1.46 bits per heavy atom. The van der Waals surface area contributed by atoms with Gasteiger partial charge >= 0.3 is 6.18 Å². The minimum Gasteiger partial charge on any atom is -0.271 e. The third kappa shape index (κ3) is 3.96. The summed E-state index contributed by atoms with van der Waals surface area (Å²) in [7, 11) is 0. The summed E-state index contributed by atoms with van der Waals surface area (Å²) in [6, 6.07) is -0.130. The van der Waals surface area contributed by atoms with Crippen LogP contribution < -0.4 is 0 Å². The van der Waals surface area contributed by atoms with Crippen molar-refractivity contribution in [1.29, 1.82) is 0 Å². The van der Waals surface area contributed by atoms with E-state index in [0.717, 1.165) is 6.92 Å². The van der Waals surface area contributed by atoms with E-state index in [2.05, 4.69) is 11.7 Å². The fourth-order valence-corrected chi connectivity index (χ4v) is 0.597. The normalized spacial score (nSPS) is 13.3. The molecule has 0 amide bonds. The van der Waals surface area contributed by atoms with Gasteiger partial charge < -0.3 is 0 Å². The maximum atomic E-state index is 12.0. The lowest BCUT2D eigenvalue weighted by Gasteiger charge is -2.19. The van der Waals surface area contributed by atoms with Crippen LogP contribution in [0.25, 0.3) is 0 Å². The Morgan fingerprint density at radius 2 is 1.92 bits per heavy atom. The third-order valence-electron chi connectivity index (χ3n) is 1.39. The van der Waals surface area contributed by atoms with Gasteiger partial charge in [-0.25, -0.2) is 0 Å². The molecular weight excluding hydrogens is 181 g/mol. The highest BCUT2D eigenvalue weighted by molar-refractivity contribution is 5.87. The smallest absolute Gasteiger partial charge is 0.271 e. The second kappa shape index (κ2) is 4.30. The topological polar surface area (TPSA) is 15.6 Å². The van der Waals surface area contributed by atoms with Crippen molar-refractivity contribution in [2.75, 3.05) is 0 Å². The van der Waals surface area contributed by atoms with Crippen molar-refractivity contribution in [3.8, 4) is 0 Å². The van der Waals surface area contributed by atoms with Crippen LogP contribution in [0.4, 0.5) is 13.2 Å². The summed E-state index contributed by atoms with van der Waals surface area (Å²) >= 11 is 0. The highest BCUT2D eigenvalue weighted by Crippen LogP contribution is 2.17. The van der Waals surface area contributed by atoms with Gasteiger partial charge in [-0.05, 0) is 20.8 Å². The molecule has 0 aromatic rings. The van der Waals surface area contributed by atoms with E-state index in [4.69, 9.17) is 0 Å². The second-order valence-corrected chi connectivity index (χ2v) is 2.84. The van der Waals surface area contributed by atoms with Crippen molar-refractivity contribution in [1.82, 2.24) is 5.01 Å². The maximum Gasteiger partial charge on any atom is 0.430 e. The van der Waals surface area contributed by atoms with Gasteiger partial charge in [0.05, 0.1) is 0 Å². The Hall–Kier alpha value is -1.00. The van der Waals surface area contributed by atoms with Crippen LogP contribution in [0.15, 0.2) is 17.9 Å². The highest BCUT2D eigenvalue weighted by Gasteiger charge is 2.32. The van der Waals surface area contributed by atoms with Crippen LogP contribution in [0.3, 0.4) is 0 Å². The van der Waals surface area contributed by atoms with Gasteiger partial charge in [0.15, 0.2) is 0 Å². The van der Waals surface area contributed by atoms with Gasteiger partial charge in [-0.15, -0.1) is 0 Å². The lowest BCUT2D eigenvalue weighted by molar-refractivity contribution is -0.0605. The standard InChI is InChI=1S/C8H13F3N2/c1-5-13(6(2)3)12-7(4)8(9,10)11/h5-6H,1H2,2-4H3/b12-7+. The fraction of sp³-hybridized carbons (Fsp3) is 0.625. The number of halogens is 3. The first-order valence-electron chi connectivity index (χ1n) is 3.82. The highest BCUT2D eigenvalue weighted by atomic mass is 19.4. The first-order valence-corrected chi connectivity index (χ1v) is 3.82. The van der Waals surface area contributed by atoms with E-state index in [1.54, 1.807) is 13.8 Å². The van der Waals surface area contributed by atoms with Gasteiger partial charge in [0.2, 0.25) is 0 Å². The Labute approximate surface area is 75.7 Å². The molecule has 0 aliphatic heterocycles. The molecule has 0 unspecified atom stereocenters. The van der Waals surface area contributed by atoms with Crippen LogP contribution in [0.1, 0.15) is 20.8 Å². The lowest BCUT2D eigenvalue weighted by atomic mass is 10.4. The van der Waals surface area contributed by atoms with Crippen molar-refractivity contribution in [3.05, 3.63) is 12.8 Å². The molecule has 5 heteroatoms. The molecule has 0 saturated heterocycles. The molecule has 0 rings (SSSR count). The monoisotopic (exact) mass is 194 g/mol. The minimum atomic E-state index is -4.36. The summed E-state index contributed by atoms with van der Waals surface area (Å²) in [5.74, 6) is 0. The Morgan fingerprint density at radius 3 is 2.15 bits per heavy atom. The molecule has 0 aliphatic carbocycles. The van der Waals surface area contributed by atoms with Gasteiger partial charge in [0.1, 0.15) is 5.71 Å². The van der Waals surface area contributed by atoms with E-state index in [-0.39, 0.29) is 6.04 Å². The molecule has 2 nitrogen and oxygen atoms in total. The number of rotatable bonds is 3. The van der Waals surface area contributed by atoms with E-state index in [0.29, 0.717) is 0 Å². The van der Waals surface area contributed by atoms with E-state index in [9.17, 15) is 13.2 Å². The second-order valence-electron chi connectivity index (χ2n) is 2.84. The Balaban J connectivity index is 4.61. The molecule has 76 valence electrons. The van der Waals surface area contributed by atoms with Gasteiger partial charge in [-0.1, -0.05) is 6.58 Å². The molecule has 0 aromatic heterocycles. The first-order chi connectivity index (χ1) is 5.79. The number of nitrogens with zero attached hydrogens (tertiary/aromatic N) is 2. The molecule has 0 radical (unpaired) electrons. The van der Waals surface area contributed by atoms with E-state index >= 15 is 0 Å². The summed E-state index contributed by atoms with van der Waals surface area (Å²) in [6.07, 6.45) is -3.10. The Bertz CT molecular complexity index is 206. The minimum absolute atomic E-state index is 0.130. The van der Waals surface area contributed by atoms with Crippen molar-refractivity contribution >= 4 is 5.71 Å². The average molecular weight is 194 g/mol. The fourth-order valence-electron chi connectivity index (χ4n) is 0.597. The molecule has 0 heterocycles. The number of hydrogen-bond acceptors (Lipinski definition) is 2. The average Bonchev–Trinajstić information content (AvgIpc) is 1.96. The van der Waals surface area contributed by atoms with Gasteiger partial charge in [0, 0.05) is 12.2 Å². The maximum absolute atomic E-state index is 12.0. The summed E-state index contributed by atoms with van der Waals surface area (Å²) < 4.78 is 36.1. The predicted octanol–water partition coefficient (Wildman–Crippen LogP) is 2.78. The molecule has 0 saturated carbocycles. The van der Waals surface area contributed by atoms with E-state index < -0.39 is 11.9 Å². The molecule has 0 spiro atoms. The van der Waals surface area contributed by atoms with Crippen LogP contribution in [0.2, 0.25) is 0 Å². The summed E-state index contributed by atoms with van der Waals surface area (Å²) in [5.41, 5.74) is -0.874. The lowest BCUT2D eigenvalue weighted by Crippen LogP contribution is -2.26. The zero-order valence-corrected chi connectivity index (χ0v) is 7.89. The van der Waals surface area contributed by atoms with Crippen LogP contribution in [0, 0.1) is 0 Å². The van der Waals surface area contributed by atoms with Gasteiger partial charge in [-0.2, -0.15) is 18.3 Å². The summed E-state index contributed by atoms with van der Waals surface area (Å²) in [4.78, 5) is 0. The number of alkyl halides is 3. The van der Waals surface area contributed by atoms with Crippen LogP contribution in [-0.4, -0.2) is 22.9 Å². The van der Waals surface area contributed by atoms with E-state index in [1.807, 2.05) is 0 Å². The molecule has 13 heavy (non-hydrogen) atoms. The SMILES string of the molecule is C=CN(/N=C(\C)C(F)(F)F)C(C)C. The Kier molecular flexibility index (Phi) is 3.97. The molecule has 0 aliphatic rings. The number of hydrogen-bond donors (Lipinski definition) is 0. The van der Waals surface area contributed by atoms with Crippen molar-refractivity contribution in [3.63, 3.8) is 0 Å². The molecular formula is C8H13F3N2. The summed E-state index contributed by atoms with van der Waals surface area (Å²) in [6.45, 7) is 7.76. The molecule has 0 aromatic carbocycles. The predicted molar refractivity (Wildman–Crippen MR) is 46.3 cm³/mol. The number of hydrazone groups is 1. The quantitative estimate of drug-likeness (QED) is 0.498. The zero-order valence-electron chi connectivity index (χ0n) is 7.89.